The number of nitrogens with two attached hydrogens (primary N) is 1. The van der Waals surface area contributed by atoms with Gasteiger partial charge in [-0.25, -0.2) is 0 Å². The molecule has 2 N–H and O–H groups in total. The molecule has 0 spiro atoms. The fraction of sp³-hybridized carbons (Fsp3) is 0.455. The Bertz CT molecular complexity index is 271. The van der Waals surface area contributed by atoms with Crippen LogP contribution in [0.2, 0.25) is 5.02 Å². The van der Waals surface area contributed by atoms with Crippen LogP contribution in [0.3, 0.4) is 0 Å². The van der Waals surface area contributed by atoms with Crippen LogP contribution in [0.15, 0.2) is 24.3 Å². The molecular formula is C11H16ClN. The Hall–Kier alpha value is -0.530. The van der Waals surface area contributed by atoms with Crippen molar-refractivity contribution in [1.29, 1.82) is 0 Å². The van der Waals surface area contributed by atoms with Crippen LogP contribution >= 0.6 is 11.6 Å². The van der Waals surface area contributed by atoms with Crippen molar-refractivity contribution in [2.75, 3.05) is 0 Å². The van der Waals surface area contributed by atoms with E-state index in [4.69, 9.17) is 17.3 Å². The van der Waals surface area contributed by atoms with Crippen LogP contribution in [0.5, 0.6) is 0 Å². The molecule has 0 radical (unpaired) electrons. The Morgan fingerprint density at radius 2 is 1.92 bits per heavy atom. The summed E-state index contributed by atoms with van der Waals surface area (Å²) in [6.45, 7) is 4.25. The lowest BCUT2D eigenvalue weighted by atomic mass is 9.97. The molecule has 0 fully saturated rings. The van der Waals surface area contributed by atoms with E-state index in [1.807, 2.05) is 24.3 Å². The lowest BCUT2D eigenvalue weighted by Crippen LogP contribution is -2.28. The first kappa shape index (κ1) is 10.6. The maximum Gasteiger partial charge on any atom is 0.0438 e. The van der Waals surface area contributed by atoms with Gasteiger partial charge in [0, 0.05) is 11.1 Å². The van der Waals surface area contributed by atoms with Crippen molar-refractivity contribution < 1.29 is 0 Å². The van der Waals surface area contributed by atoms with Gasteiger partial charge in [-0.05, 0) is 24.0 Å². The molecule has 0 aliphatic rings. The van der Waals surface area contributed by atoms with Gasteiger partial charge < -0.3 is 5.73 Å². The zero-order chi connectivity index (χ0) is 9.84. The monoisotopic (exact) mass is 197 g/mol. The van der Waals surface area contributed by atoms with Gasteiger partial charge in [-0.15, -0.1) is 0 Å². The van der Waals surface area contributed by atoms with Gasteiger partial charge in [-0.2, -0.15) is 0 Å². The normalized spacial score (nSPS) is 13.3. The van der Waals surface area contributed by atoms with E-state index in [1.54, 1.807) is 0 Å². The van der Waals surface area contributed by atoms with E-state index in [-0.39, 0.29) is 6.04 Å². The minimum absolute atomic E-state index is 0.194. The largest absolute Gasteiger partial charge is 0.327 e. The standard InChI is InChI=1S/C11H16ClN/c1-8(2)11(13)7-9-5-3-4-6-10(9)12/h3-6,8,11H,7,13H2,1-2H3. The SMILES string of the molecule is CC(C)C(N)Cc1ccccc1Cl. The predicted octanol–water partition coefficient (Wildman–Crippen LogP) is 2.87. The Labute approximate surface area is 84.9 Å². The summed E-state index contributed by atoms with van der Waals surface area (Å²) < 4.78 is 0. The van der Waals surface area contributed by atoms with E-state index in [0.29, 0.717) is 5.92 Å². The highest BCUT2D eigenvalue weighted by Gasteiger charge is 2.09. The third kappa shape index (κ3) is 3.02. The van der Waals surface area contributed by atoms with Gasteiger partial charge in [-0.3, -0.25) is 0 Å². The van der Waals surface area contributed by atoms with Gasteiger partial charge in [0.25, 0.3) is 0 Å². The summed E-state index contributed by atoms with van der Waals surface area (Å²) in [6.07, 6.45) is 0.858. The Morgan fingerprint density at radius 1 is 1.31 bits per heavy atom. The lowest BCUT2D eigenvalue weighted by molar-refractivity contribution is 0.490. The maximum absolute atomic E-state index is 6.02. The molecule has 0 heterocycles. The molecule has 1 aromatic rings. The van der Waals surface area contributed by atoms with Crippen molar-refractivity contribution in [3.8, 4) is 0 Å². The minimum Gasteiger partial charge on any atom is -0.327 e. The van der Waals surface area contributed by atoms with Gasteiger partial charge in [0.15, 0.2) is 0 Å². The van der Waals surface area contributed by atoms with E-state index in [0.717, 1.165) is 17.0 Å². The van der Waals surface area contributed by atoms with Crippen LogP contribution in [-0.2, 0) is 6.42 Å². The highest BCUT2D eigenvalue weighted by Crippen LogP contribution is 2.17. The zero-order valence-corrected chi connectivity index (χ0v) is 8.88. The van der Waals surface area contributed by atoms with Crippen molar-refractivity contribution in [2.45, 2.75) is 26.3 Å². The van der Waals surface area contributed by atoms with Crippen LogP contribution in [0, 0.1) is 5.92 Å². The highest BCUT2D eigenvalue weighted by atomic mass is 35.5. The fourth-order valence-corrected chi connectivity index (χ4v) is 1.37. The predicted molar refractivity (Wildman–Crippen MR) is 58.0 cm³/mol. The molecule has 1 nitrogen and oxygen atoms in total. The Balaban J connectivity index is 2.69. The summed E-state index contributed by atoms with van der Waals surface area (Å²) in [5.74, 6) is 0.497. The number of hydrogen-bond acceptors (Lipinski definition) is 1. The van der Waals surface area contributed by atoms with E-state index in [1.165, 1.54) is 0 Å². The molecular weight excluding hydrogens is 182 g/mol. The number of rotatable bonds is 3. The Kier molecular flexibility index (Phi) is 3.76. The van der Waals surface area contributed by atoms with Gasteiger partial charge >= 0.3 is 0 Å². The van der Waals surface area contributed by atoms with Crippen LogP contribution in [0.1, 0.15) is 19.4 Å². The van der Waals surface area contributed by atoms with E-state index >= 15 is 0 Å². The molecule has 0 bridgehead atoms. The Morgan fingerprint density at radius 3 is 2.46 bits per heavy atom. The second-order valence-corrected chi connectivity index (χ2v) is 4.11. The number of halogens is 1. The molecule has 1 rings (SSSR count). The van der Waals surface area contributed by atoms with Crippen molar-refractivity contribution in [3.05, 3.63) is 34.9 Å². The van der Waals surface area contributed by atoms with E-state index < -0.39 is 0 Å². The fourth-order valence-electron chi connectivity index (χ4n) is 1.15. The summed E-state index contributed by atoms with van der Waals surface area (Å²) in [4.78, 5) is 0. The first-order chi connectivity index (χ1) is 6.11. The molecule has 0 amide bonds. The molecule has 0 aromatic heterocycles. The van der Waals surface area contributed by atoms with Gasteiger partial charge in [0.1, 0.15) is 0 Å². The smallest absolute Gasteiger partial charge is 0.0438 e. The molecule has 0 saturated carbocycles. The van der Waals surface area contributed by atoms with Crippen LogP contribution in [0.4, 0.5) is 0 Å². The average molecular weight is 198 g/mol. The van der Waals surface area contributed by atoms with Crippen LogP contribution in [0.25, 0.3) is 0 Å². The molecule has 2 heteroatoms. The second-order valence-electron chi connectivity index (χ2n) is 3.70. The van der Waals surface area contributed by atoms with Crippen molar-refractivity contribution in [3.63, 3.8) is 0 Å². The topological polar surface area (TPSA) is 26.0 Å². The maximum atomic E-state index is 6.02. The first-order valence-corrected chi connectivity index (χ1v) is 4.98. The summed E-state index contributed by atoms with van der Waals surface area (Å²) in [5, 5.41) is 0.818. The van der Waals surface area contributed by atoms with Crippen molar-refractivity contribution >= 4 is 11.6 Å². The van der Waals surface area contributed by atoms with Crippen LogP contribution < -0.4 is 5.73 Å². The molecule has 1 unspecified atom stereocenters. The van der Waals surface area contributed by atoms with Gasteiger partial charge in [0.2, 0.25) is 0 Å². The zero-order valence-electron chi connectivity index (χ0n) is 8.13. The van der Waals surface area contributed by atoms with Gasteiger partial charge in [0.05, 0.1) is 0 Å². The van der Waals surface area contributed by atoms with Gasteiger partial charge in [-0.1, -0.05) is 43.6 Å². The van der Waals surface area contributed by atoms with Crippen molar-refractivity contribution in [1.82, 2.24) is 0 Å². The highest BCUT2D eigenvalue weighted by molar-refractivity contribution is 6.31. The van der Waals surface area contributed by atoms with Crippen molar-refractivity contribution in [2.24, 2.45) is 11.7 Å². The van der Waals surface area contributed by atoms with E-state index in [2.05, 4.69) is 13.8 Å². The molecule has 0 saturated heterocycles. The molecule has 0 aliphatic carbocycles. The molecule has 72 valence electrons. The molecule has 0 aliphatic heterocycles. The number of benzene rings is 1. The molecule has 1 aromatic carbocycles. The summed E-state index contributed by atoms with van der Waals surface area (Å²) in [6, 6.07) is 8.06. The lowest BCUT2D eigenvalue weighted by Gasteiger charge is -2.15. The quantitative estimate of drug-likeness (QED) is 0.793. The van der Waals surface area contributed by atoms with Crippen LogP contribution in [-0.4, -0.2) is 6.04 Å². The third-order valence-electron chi connectivity index (χ3n) is 2.27. The average Bonchev–Trinajstić information content (AvgIpc) is 2.08. The minimum atomic E-state index is 0.194. The molecule has 13 heavy (non-hydrogen) atoms. The first-order valence-electron chi connectivity index (χ1n) is 4.60. The number of hydrogen-bond donors (Lipinski definition) is 1. The summed E-state index contributed by atoms with van der Waals surface area (Å²) in [7, 11) is 0. The summed E-state index contributed by atoms with van der Waals surface area (Å²) >= 11 is 6.02. The second kappa shape index (κ2) is 4.64. The van der Waals surface area contributed by atoms with E-state index in [9.17, 15) is 0 Å². The third-order valence-corrected chi connectivity index (χ3v) is 2.64. The molecule has 1 atom stereocenters. The summed E-state index contributed by atoms with van der Waals surface area (Å²) in [5.41, 5.74) is 7.10.